The van der Waals surface area contributed by atoms with Gasteiger partial charge in [0, 0.05) is 18.8 Å². The number of halogens is 1. The zero-order valence-electron chi connectivity index (χ0n) is 15.2. The Bertz CT molecular complexity index is 706. The Kier molecular flexibility index (Phi) is 8.82. The van der Waals surface area contributed by atoms with Crippen molar-refractivity contribution >= 4 is 34.0 Å². The van der Waals surface area contributed by atoms with Crippen LogP contribution in [0.25, 0.3) is 0 Å². The zero-order chi connectivity index (χ0) is 18.4. The molecule has 1 atom stereocenters. The summed E-state index contributed by atoms with van der Waals surface area (Å²) in [5.74, 6) is -0.0604. The van der Waals surface area contributed by atoms with Crippen molar-refractivity contribution < 1.29 is 17.9 Å². The minimum absolute atomic E-state index is 0. The van der Waals surface area contributed by atoms with Crippen LogP contribution in [0, 0.1) is 0 Å². The molecule has 9 heteroatoms. The molecule has 1 aromatic carbocycles. The van der Waals surface area contributed by atoms with E-state index in [0.29, 0.717) is 25.2 Å². The van der Waals surface area contributed by atoms with Crippen molar-refractivity contribution in [2.24, 2.45) is 5.73 Å². The van der Waals surface area contributed by atoms with Gasteiger partial charge < -0.3 is 15.8 Å². The number of hydrogen-bond acceptors (Lipinski definition) is 5. The molecule has 1 amide bonds. The first-order chi connectivity index (χ1) is 11.9. The van der Waals surface area contributed by atoms with E-state index < -0.39 is 16.1 Å². The Morgan fingerprint density at radius 3 is 2.54 bits per heavy atom. The average Bonchev–Trinajstić information content (AvgIpc) is 2.62. The van der Waals surface area contributed by atoms with Crippen LogP contribution in [0.15, 0.2) is 23.1 Å². The summed E-state index contributed by atoms with van der Waals surface area (Å²) >= 11 is 0. The molecule has 1 aliphatic heterocycles. The van der Waals surface area contributed by atoms with Gasteiger partial charge in [-0.05, 0) is 37.5 Å². The van der Waals surface area contributed by atoms with Crippen LogP contribution in [-0.4, -0.2) is 44.9 Å². The summed E-state index contributed by atoms with van der Waals surface area (Å²) in [6.07, 6.45) is 4.11. The summed E-state index contributed by atoms with van der Waals surface area (Å²) in [5.41, 5.74) is 6.21. The van der Waals surface area contributed by atoms with Gasteiger partial charge in [0.25, 0.3) is 0 Å². The van der Waals surface area contributed by atoms with Gasteiger partial charge in [-0.2, -0.15) is 4.31 Å². The normalized spacial score (nSPS) is 16.4. The number of ether oxygens (including phenoxy) is 1. The lowest BCUT2D eigenvalue weighted by molar-refractivity contribution is -0.117. The molecule has 1 fully saturated rings. The first-order valence-electron chi connectivity index (χ1n) is 8.64. The second-order valence-electron chi connectivity index (χ2n) is 6.21. The lowest BCUT2D eigenvalue weighted by Crippen LogP contribution is -2.36. The highest BCUT2D eigenvalue weighted by Crippen LogP contribution is 2.31. The predicted octanol–water partition coefficient (Wildman–Crippen LogP) is 2.36. The van der Waals surface area contributed by atoms with E-state index in [-0.39, 0.29) is 29.0 Å². The number of rotatable bonds is 7. The minimum Gasteiger partial charge on any atom is -0.495 e. The number of methoxy groups -OCH3 is 1. The second kappa shape index (κ2) is 10.1. The maximum atomic E-state index is 12.9. The minimum atomic E-state index is -3.67. The molecule has 0 spiro atoms. The average molecular weight is 406 g/mol. The van der Waals surface area contributed by atoms with E-state index in [1.165, 1.54) is 17.5 Å². The summed E-state index contributed by atoms with van der Waals surface area (Å²) < 4.78 is 32.6. The maximum Gasteiger partial charge on any atom is 0.246 e. The number of amides is 1. The first kappa shape index (κ1) is 22.7. The molecule has 1 aliphatic rings. The van der Waals surface area contributed by atoms with E-state index >= 15 is 0 Å². The van der Waals surface area contributed by atoms with Gasteiger partial charge in [0.05, 0.1) is 13.2 Å². The molecular weight excluding hydrogens is 378 g/mol. The topological polar surface area (TPSA) is 102 Å². The van der Waals surface area contributed by atoms with Crippen molar-refractivity contribution in [2.75, 3.05) is 25.5 Å². The van der Waals surface area contributed by atoms with Crippen molar-refractivity contribution in [1.29, 1.82) is 0 Å². The third-order valence-electron chi connectivity index (χ3n) is 4.30. The fourth-order valence-corrected chi connectivity index (χ4v) is 4.58. The Morgan fingerprint density at radius 2 is 1.96 bits per heavy atom. The van der Waals surface area contributed by atoms with Gasteiger partial charge in [0.2, 0.25) is 15.9 Å². The first-order valence-corrected chi connectivity index (χ1v) is 10.1. The van der Waals surface area contributed by atoms with Crippen molar-refractivity contribution in [1.82, 2.24) is 4.31 Å². The van der Waals surface area contributed by atoms with E-state index in [2.05, 4.69) is 5.32 Å². The number of nitrogens with zero attached hydrogens (tertiary/aromatic N) is 1. The van der Waals surface area contributed by atoms with Crippen LogP contribution in [0.2, 0.25) is 0 Å². The summed E-state index contributed by atoms with van der Waals surface area (Å²) in [7, 11) is -2.24. The van der Waals surface area contributed by atoms with Crippen LogP contribution in [-0.2, 0) is 14.8 Å². The van der Waals surface area contributed by atoms with E-state index in [9.17, 15) is 13.2 Å². The monoisotopic (exact) mass is 405 g/mol. The third-order valence-corrected chi connectivity index (χ3v) is 6.22. The number of anilines is 1. The molecule has 0 radical (unpaired) electrons. The quantitative estimate of drug-likeness (QED) is 0.724. The van der Waals surface area contributed by atoms with Crippen LogP contribution >= 0.6 is 12.4 Å². The third kappa shape index (κ3) is 5.33. The van der Waals surface area contributed by atoms with Gasteiger partial charge in [0.1, 0.15) is 10.6 Å². The number of benzene rings is 1. The van der Waals surface area contributed by atoms with Gasteiger partial charge in [-0.25, -0.2) is 8.42 Å². The Hall–Kier alpha value is -1.35. The van der Waals surface area contributed by atoms with Gasteiger partial charge >= 0.3 is 0 Å². The van der Waals surface area contributed by atoms with E-state index in [4.69, 9.17) is 10.5 Å². The smallest absolute Gasteiger partial charge is 0.246 e. The molecule has 0 aromatic heterocycles. The highest BCUT2D eigenvalue weighted by molar-refractivity contribution is 7.89. The van der Waals surface area contributed by atoms with Gasteiger partial charge in [0.15, 0.2) is 0 Å². The van der Waals surface area contributed by atoms with Gasteiger partial charge in [-0.15, -0.1) is 12.4 Å². The maximum absolute atomic E-state index is 12.9. The lowest BCUT2D eigenvalue weighted by Gasteiger charge is -2.26. The SMILES string of the molecule is CCCC(N)C(=O)Nc1ccc(OC)c(S(=O)(=O)N2CCCCC2)c1.Cl. The highest BCUT2D eigenvalue weighted by atomic mass is 35.5. The van der Waals surface area contributed by atoms with Crippen molar-refractivity contribution in [3.8, 4) is 5.75 Å². The van der Waals surface area contributed by atoms with Gasteiger partial charge in [-0.3, -0.25) is 4.79 Å². The number of carbonyl (C=O) groups excluding carboxylic acids is 1. The zero-order valence-corrected chi connectivity index (χ0v) is 16.9. The molecule has 1 saturated heterocycles. The molecule has 3 N–H and O–H groups in total. The van der Waals surface area contributed by atoms with Crippen molar-refractivity contribution in [2.45, 2.75) is 50.0 Å². The second-order valence-corrected chi connectivity index (χ2v) is 8.12. The standard InChI is InChI=1S/C17H27N3O4S.ClH/c1-3-7-14(18)17(21)19-13-8-9-15(24-2)16(12-13)25(22,23)20-10-5-4-6-11-20;/h8-9,12,14H,3-7,10-11,18H2,1-2H3,(H,19,21);1H. The number of hydrogen-bond donors (Lipinski definition) is 2. The van der Waals surface area contributed by atoms with E-state index in [0.717, 1.165) is 25.7 Å². The predicted molar refractivity (Wildman–Crippen MR) is 104 cm³/mol. The molecule has 1 unspecified atom stereocenters. The molecule has 0 saturated carbocycles. The Balaban J connectivity index is 0.00000338. The van der Waals surface area contributed by atoms with E-state index in [1.807, 2.05) is 6.92 Å². The molecule has 0 bridgehead atoms. The van der Waals surface area contributed by atoms with Crippen molar-refractivity contribution in [3.63, 3.8) is 0 Å². The highest BCUT2D eigenvalue weighted by Gasteiger charge is 2.29. The number of nitrogens with one attached hydrogen (secondary N) is 1. The summed E-state index contributed by atoms with van der Waals surface area (Å²) in [5, 5.41) is 2.69. The van der Waals surface area contributed by atoms with Crippen LogP contribution < -0.4 is 15.8 Å². The summed E-state index contributed by atoms with van der Waals surface area (Å²) in [6.45, 7) is 2.96. The number of carbonyl (C=O) groups is 1. The lowest BCUT2D eigenvalue weighted by atomic mass is 10.1. The molecule has 1 heterocycles. The number of piperidine rings is 1. The molecular formula is C17H28ClN3O4S. The van der Waals surface area contributed by atoms with Crippen LogP contribution in [0.5, 0.6) is 5.75 Å². The molecule has 0 aliphatic carbocycles. The molecule has 26 heavy (non-hydrogen) atoms. The van der Waals surface area contributed by atoms with Crippen LogP contribution in [0.1, 0.15) is 39.0 Å². The van der Waals surface area contributed by atoms with Gasteiger partial charge in [-0.1, -0.05) is 19.8 Å². The number of nitrogens with two attached hydrogens (primary N) is 1. The fraction of sp³-hybridized carbons (Fsp3) is 0.588. The van der Waals surface area contributed by atoms with Crippen LogP contribution in [0.3, 0.4) is 0 Å². The number of sulfonamides is 1. The molecule has 2 rings (SSSR count). The molecule has 148 valence electrons. The van der Waals surface area contributed by atoms with Crippen LogP contribution in [0.4, 0.5) is 5.69 Å². The van der Waals surface area contributed by atoms with E-state index in [1.54, 1.807) is 12.1 Å². The Morgan fingerprint density at radius 1 is 1.31 bits per heavy atom. The summed E-state index contributed by atoms with van der Waals surface area (Å²) in [6, 6.07) is 4.00. The summed E-state index contributed by atoms with van der Waals surface area (Å²) in [4.78, 5) is 12.2. The van der Waals surface area contributed by atoms with Crippen molar-refractivity contribution in [3.05, 3.63) is 18.2 Å². The molecule has 1 aromatic rings. The Labute approximate surface area is 161 Å². The fourth-order valence-electron chi connectivity index (χ4n) is 2.88. The molecule has 7 nitrogen and oxygen atoms in total. The largest absolute Gasteiger partial charge is 0.495 e.